The zero-order valence-electron chi connectivity index (χ0n) is 18.8. The first kappa shape index (κ1) is 21.9. The van der Waals surface area contributed by atoms with Crippen LogP contribution < -0.4 is 5.43 Å². The average Bonchev–Trinajstić information content (AvgIpc) is 3.23. The highest BCUT2D eigenvalue weighted by atomic mass is 16.5. The molecule has 0 fully saturated rings. The lowest BCUT2D eigenvalue weighted by Gasteiger charge is -2.29. The molecule has 8 nitrogen and oxygen atoms in total. The number of fused-ring (bicyclic) bond motifs is 3. The summed E-state index contributed by atoms with van der Waals surface area (Å²) in [4.78, 5) is 35.3. The fraction of sp³-hybridized carbons (Fsp3) is 0.269. The van der Waals surface area contributed by atoms with Crippen LogP contribution in [-0.4, -0.2) is 39.5 Å². The molecular weight excluding hydrogens is 434 g/mol. The Balaban J connectivity index is 1.46. The van der Waals surface area contributed by atoms with Crippen LogP contribution in [0.3, 0.4) is 0 Å². The van der Waals surface area contributed by atoms with Crippen molar-refractivity contribution in [2.75, 3.05) is 13.7 Å². The van der Waals surface area contributed by atoms with Gasteiger partial charge < -0.3 is 24.1 Å². The first-order valence-electron chi connectivity index (χ1n) is 11.2. The van der Waals surface area contributed by atoms with Gasteiger partial charge >= 0.3 is 0 Å². The number of para-hydroxylation sites is 1. The Morgan fingerprint density at radius 2 is 2.15 bits per heavy atom. The molecule has 34 heavy (non-hydrogen) atoms. The van der Waals surface area contributed by atoms with Crippen molar-refractivity contribution in [2.45, 2.75) is 31.9 Å². The predicted octanol–water partition coefficient (Wildman–Crippen LogP) is 3.48. The maximum absolute atomic E-state index is 13.5. The molecule has 5 rings (SSSR count). The molecule has 4 heterocycles. The van der Waals surface area contributed by atoms with E-state index >= 15 is 0 Å². The molecule has 1 atom stereocenters. The third-order valence-electron chi connectivity index (χ3n) is 6.30. The fourth-order valence-corrected chi connectivity index (χ4v) is 4.66. The second kappa shape index (κ2) is 9.15. The summed E-state index contributed by atoms with van der Waals surface area (Å²) in [6, 6.07) is 12.9. The maximum Gasteiger partial charge on any atom is 0.227 e. The van der Waals surface area contributed by atoms with Crippen molar-refractivity contribution in [3.8, 4) is 5.75 Å². The van der Waals surface area contributed by atoms with Gasteiger partial charge in [-0.25, -0.2) is 0 Å². The van der Waals surface area contributed by atoms with Crippen LogP contribution >= 0.6 is 0 Å². The van der Waals surface area contributed by atoms with Crippen LogP contribution in [0.25, 0.3) is 10.9 Å². The third kappa shape index (κ3) is 4.08. The van der Waals surface area contributed by atoms with Gasteiger partial charge in [0.15, 0.2) is 5.76 Å². The molecule has 0 radical (unpaired) electrons. The molecule has 8 heteroatoms. The van der Waals surface area contributed by atoms with Crippen molar-refractivity contribution >= 4 is 16.8 Å². The molecule has 1 aliphatic heterocycles. The minimum Gasteiger partial charge on any atom is -0.502 e. The SMILES string of the molecule is COCc1cc(=O)c(O)c([C@@H](CC(=O)N2CCc3c([nH]c4ccccc34)C2)c2cccnc2)o1. The van der Waals surface area contributed by atoms with E-state index in [2.05, 4.69) is 16.0 Å². The van der Waals surface area contributed by atoms with Gasteiger partial charge in [0, 0.05) is 55.1 Å². The highest BCUT2D eigenvalue weighted by molar-refractivity contribution is 5.86. The second-order valence-corrected chi connectivity index (χ2v) is 8.46. The van der Waals surface area contributed by atoms with E-state index in [0.717, 1.165) is 17.6 Å². The topological polar surface area (TPSA) is 109 Å². The molecule has 1 aromatic carbocycles. The van der Waals surface area contributed by atoms with E-state index in [1.54, 1.807) is 29.4 Å². The minimum atomic E-state index is -0.671. The molecule has 0 unspecified atom stereocenters. The number of rotatable bonds is 6. The van der Waals surface area contributed by atoms with E-state index in [-0.39, 0.29) is 30.5 Å². The largest absolute Gasteiger partial charge is 0.502 e. The number of H-pyrrole nitrogens is 1. The van der Waals surface area contributed by atoms with E-state index in [0.29, 0.717) is 18.7 Å². The van der Waals surface area contributed by atoms with Crippen LogP contribution in [0.2, 0.25) is 0 Å². The highest BCUT2D eigenvalue weighted by Gasteiger charge is 2.30. The van der Waals surface area contributed by atoms with E-state index in [4.69, 9.17) is 9.15 Å². The molecule has 0 saturated carbocycles. The number of carbonyl (C=O) groups is 1. The Kier molecular flexibility index (Phi) is 5.90. The van der Waals surface area contributed by atoms with Gasteiger partial charge in [-0.3, -0.25) is 14.6 Å². The quantitative estimate of drug-likeness (QED) is 0.457. The van der Waals surface area contributed by atoms with Gasteiger partial charge in [-0.1, -0.05) is 24.3 Å². The number of ether oxygens (including phenoxy) is 1. The number of methoxy groups -OCH3 is 1. The van der Waals surface area contributed by atoms with Gasteiger partial charge in [-0.05, 0) is 29.7 Å². The van der Waals surface area contributed by atoms with Crippen LogP contribution in [0.1, 0.15) is 40.7 Å². The molecule has 0 saturated heterocycles. The Bertz CT molecular complexity index is 1390. The number of pyridine rings is 1. The summed E-state index contributed by atoms with van der Waals surface area (Å²) >= 11 is 0. The lowest BCUT2D eigenvalue weighted by molar-refractivity contribution is -0.132. The molecule has 2 N–H and O–H groups in total. The van der Waals surface area contributed by atoms with Gasteiger partial charge in [0.1, 0.15) is 12.4 Å². The predicted molar refractivity (Wildman–Crippen MR) is 125 cm³/mol. The van der Waals surface area contributed by atoms with E-state index < -0.39 is 17.1 Å². The average molecular weight is 460 g/mol. The third-order valence-corrected chi connectivity index (χ3v) is 6.30. The number of nitrogens with zero attached hydrogens (tertiary/aromatic N) is 2. The van der Waals surface area contributed by atoms with Gasteiger partial charge in [-0.15, -0.1) is 0 Å². The van der Waals surface area contributed by atoms with Crippen LogP contribution in [0.5, 0.6) is 5.75 Å². The second-order valence-electron chi connectivity index (χ2n) is 8.46. The molecular formula is C26H25N3O5. The summed E-state index contributed by atoms with van der Waals surface area (Å²) in [6.45, 7) is 1.14. The summed E-state index contributed by atoms with van der Waals surface area (Å²) in [6.07, 6.45) is 4.02. The maximum atomic E-state index is 13.5. The van der Waals surface area contributed by atoms with E-state index in [1.807, 2.05) is 18.2 Å². The summed E-state index contributed by atoms with van der Waals surface area (Å²) in [5.74, 6) is -0.947. The molecule has 4 aromatic rings. The Hall–Kier alpha value is -3.91. The molecule has 1 amide bonds. The number of benzene rings is 1. The van der Waals surface area contributed by atoms with Crippen LogP contribution in [0, 0.1) is 0 Å². The summed E-state index contributed by atoms with van der Waals surface area (Å²) in [5.41, 5.74) is 3.45. The zero-order valence-corrected chi connectivity index (χ0v) is 18.8. The van der Waals surface area contributed by atoms with Crippen molar-refractivity contribution in [1.29, 1.82) is 0 Å². The number of hydrogen-bond donors (Lipinski definition) is 2. The smallest absolute Gasteiger partial charge is 0.227 e. The number of hydrogen-bond acceptors (Lipinski definition) is 6. The molecule has 174 valence electrons. The summed E-state index contributed by atoms with van der Waals surface area (Å²) in [7, 11) is 1.49. The Labute approximate surface area is 195 Å². The van der Waals surface area contributed by atoms with Gasteiger partial charge in [0.25, 0.3) is 0 Å². The van der Waals surface area contributed by atoms with Gasteiger partial charge in [-0.2, -0.15) is 0 Å². The number of carbonyl (C=O) groups excluding carboxylic acids is 1. The zero-order chi connectivity index (χ0) is 23.7. The highest BCUT2D eigenvalue weighted by Crippen LogP contribution is 2.34. The first-order chi connectivity index (χ1) is 16.5. The summed E-state index contributed by atoms with van der Waals surface area (Å²) in [5, 5.41) is 11.8. The van der Waals surface area contributed by atoms with Crippen molar-refractivity contribution < 1.29 is 19.1 Å². The monoisotopic (exact) mass is 459 g/mol. The lowest BCUT2D eigenvalue weighted by Crippen LogP contribution is -2.36. The number of nitrogens with one attached hydrogen (secondary N) is 1. The fourth-order valence-electron chi connectivity index (χ4n) is 4.66. The van der Waals surface area contributed by atoms with Gasteiger partial charge in [0.2, 0.25) is 17.1 Å². The van der Waals surface area contributed by atoms with Gasteiger partial charge in [0.05, 0.1) is 12.5 Å². The number of aromatic hydroxyl groups is 1. The normalized spacial score (nSPS) is 14.2. The minimum absolute atomic E-state index is 0.0220. The van der Waals surface area contributed by atoms with Crippen LogP contribution in [0.15, 0.2) is 64.1 Å². The van der Waals surface area contributed by atoms with Crippen molar-refractivity contribution in [2.24, 2.45) is 0 Å². The first-order valence-corrected chi connectivity index (χ1v) is 11.2. The lowest BCUT2D eigenvalue weighted by atomic mass is 9.92. The van der Waals surface area contributed by atoms with Crippen molar-refractivity contribution in [1.82, 2.24) is 14.9 Å². The molecule has 0 aliphatic carbocycles. The number of amides is 1. The van der Waals surface area contributed by atoms with Crippen LogP contribution in [0.4, 0.5) is 0 Å². The molecule has 0 bridgehead atoms. The van der Waals surface area contributed by atoms with E-state index in [1.165, 1.54) is 24.1 Å². The molecule has 0 spiro atoms. The Morgan fingerprint density at radius 1 is 1.29 bits per heavy atom. The Morgan fingerprint density at radius 3 is 2.94 bits per heavy atom. The van der Waals surface area contributed by atoms with Crippen LogP contribution in [-0.2, 0) is 29.1 Å². The standard InChI is InChI=1S/C26H25N3O5/c1-33-15-17-11-23(30)25(32)26(34-17)20(16-5-4-9-27-13-16)12-24(31)29-10-8-19-18-6-2-3-7-21(18)28-22(19)14-29/h2-7,9,11,13,20,28,32H,8,10,12,14-15H2,1H3/t20-/m0/s1. The number of aromatic amines is 1. The van der Waals surface area contributed by atoms with Crippen molar-refractivity contribution in [3.05, 3.63) is 93.4 Å². The van der Waals surface area contributed by atoms with E-state index in [9.17, 15) is 14.7 Å². The molecule has 1 aliphatic rings. The van der Waals surface area contributed by atoms with Crippen molar-refractivity contribution in [3.63, 3.8) is 0 Å². The number of aromatic nitrogens is 2. The molecule has 3 aromatic heterocycles. The summed E-state index contributed by atoms with van der Waals surface area (Å²) < 4.78 is 10.9.